The van der Waals surface area contributed by atoms with Gasteiger partial charge in [0.1, 0.15) is 0 Å². The molecule has 0 bridgehead atoms. The summed E-state index contributed by atoms with van der Waals surface area (Å²) in [7, 11) is 0. The molecule has 0 fully saturated rings. The van der Waals surface area contributed by atoms with Crippen LogP contribution in [0.3, 0.4) is 0 Å². The van der Waals surface area contributed by atoms with Crippen LogP contribution in [-0.2, 0) is 6.42 Å². The van der Waals surface area contributed by atoms with Crippen LogP contribution in [0.15, 0.2) is 104 Å². The summed E-state index contributed by atoms with van der Waals surface area (Å²) in [5.74, 6) is 1.35. The van der Waals surface area contributed by atoms with Crippen LogP contribution < -0.4 is 0 Å². The normalized spacial score (nSPS) is 17.7. The number of nitrogens with zero attached hydrogens (tertiary/aromatic N) is 2. The van der Waals surface area contributed by atoms with E-state index in [4.69, 9.17) is 0 Å². The van der Waals surface area contributed by atoms with Gasteiger partial charge in [-0.25, -0.2) is 0 Å². The van der Waals surface area contributed by atoms with E-state index >= 15 is 0 Å². The third-order valence-electron chi connectivity index (χ3n) is 6.29. The minimum Gasteiger partial charge on any atom is -0.265 e. The lowest BCUT2D eigenvalue weighted by molar-refractivity contribution is 0.514. The predicted molar refractivity (Wildman–Crippen MR) is 131 cm³/mol. The molecule has 0 saturated carbocycles. The average Bonchev–Trinajstić information content (AvgIpc) is 3.19. The molecule has 2 nitrogen and oxygen atoms in total. The van der Waals surface area contributed by atoms with E-state index in [0.717, 1.165) is 12.8 Å². The van der Waals surface area contributed by atoms with Gasteiger partial charge >= 0.3 is 0 Å². The van der Waals surface area contributed by atoms with Crippen molar-refractivity contribution in [1.29, 1.82) is 0 Å². The topological polar surface area (TPSA) is 25.8 Å². The molecule has 31 heavy (non-hydrogen) atoms. The van der Waals surface area contributed by atoms with Crippen molar-refractivity contribution in [1.82, 2.24) is 9.97 Å². The Morgan fingerprint density at radius 1 is 0.677 bits per heavy atom. The highest BCUT2D eigenvalue weighted by Crippen LogP contribution is 2.51. The maximum atomic E-state index is 4.26. The highest BCUT2D eigenvalue weighted by atomic mass is 35.5. The Morgan fingerprint density at radius 2 is 1.26 bits per heavy atom. The molecule has 2 heterocycles. The number of benzene rings is 2. The first-order valence-corrected chi connectivity index (χ1v) is 10.3. The summed E-state index contributed by atoms with van der Waals surface area (Å²) in [6, 6.07) is 28.6. The van der Waals surface area contributed by atoms with E-state index in [1.807, 2.05) is 24.8 Å². The second-order valence-electron chi connectivity index (χ2n) is 7.88. The van der Waals surface area contributed by atoms with E-state index in [9.17, 15) is 0 Å². The van der Waals surface area contributed by atoms with Gasteiger partial charge in [-0.15, -0.1) is 24.8 Å². The molecule has 0 amide bonds. The first-order chi connectivity index (χ1) is 14.4. The lowest BCUT2D eigenvalue weighted by Gasteiger charge is -2.25. The van der Waals surface area contributed by atoms with Gasteiger partial charge in [0.25, 0.3) is 0 Å². The molecule has 4 heteroatoms. The van der Waals surface area contributed by atoms with E-state index in [0.29, 0.717) is 17.8 Å². The van der Waals surface area contributed by atoms with Gasteiger partial charge < -0.3 is 0 Å². The maximum absolute atomic E-state index is 4.26. The van der Waals surface area contributed by atoms with Gasteiger partial charge in [-0.05, 0) is 76.8 Å². The minimum atomic E-state index is 0. The number of aromatic nitrogens is 2. The molecule has 1 aliphatic carbocycles. The average molecular weight is 449 g/mol. The van der Waals surface area contributed by atoms with E-state index in [-0.39, 0.29) is 24.8 Å². The van der Waals surface area contributed by atoms with E-state index in [1.165, 1.54) is 27.8 Å². The van der Waals surface area contributed by atoms with Crippen molar-refractivity contribution in [3.05, 3.63) is 131 Å². The molecule has 0 spiro atoms. The summed E-state index contributed by atoms with van der Waals surface area (Å²) in [6.45, 7) is 0. The summed E-state index contributed by atoms with van der Waals surface area (Å²) in [6.07, 6.45) is 9.78. The van der Waals surface area contributed by atoms with Gasteiger partial charge in [0.05, 0.1) is 0 Å². The van der Waals surface area contributed by atoms with Crippen LogP contribution in [0.25, 0.3) is 0 Å². The largest absolute Gasteiger partial charge is 0.265 e. The van der Waals surface area contributed by atoms with Crippen molar-refractivity contribution in [3.63, 3.8) is 0 Å². The Kier molecular flexibility index (Phi) is 7.84. The zero-order valence-corrected chi connectivity index (χ0v) is 18.8. The summed E-state index contributed by atoms with van der Waals surface area (Å²) < 4.78 is 0. The van der Waals surface area contributed by atoms with E-state index in [2.05, 4.69) is 88.8 Å². The molecule has 2 aromatic heterocycles. The quantitative estimate of drug-likeness (QED) is 0.329. The SMILES string of the molecule is Cl.Cl.c1ccc(C2CC(C(Cc3ccncc3)c3ccncc3)c3ccccc32)cc1. The van der Waals surface area contributed by atoms with Crippen molar-refractivity contribution in [2.24, 2.45) is 0 Å². The smallest absolute Gasteiger partial charge is 0.0270 e. The molecule has 2 aromatic carbocycles. The number of hydrogen-bond donors (Lipinski definition) is 0. The summed E-state index contributed by atoms with van der Waals surface area (Å²) >= 11 is 0. The lowest BCUT2D eigenvalue weighted by atomic mass is 9.78. The predicted octanol–water partition coefficient (Wildman–Crippen LogP) is 6.97. The van der Waals surface area contributed by atoms with Crippen LogP contribution >= 0.6 is 24.8 Å². The Morgan fingerprint density at radius 3 is 1.94 bits per heavy atom. The number of rotatable bonds is 5. The van der Waals surface area contributed by atoms with Crippen LogP contribution in [0.5, 0.6) is 0 Å². The zero-order chi connectivity index (χ0) is 19.5. The maximum Gasteiger partial charge on any atom is 0.0270 e. The van der Waals surface area contributed by atoms with Gasteiger partial charge in [-0.3, -0.25) is 9.97 Å². The fraction of sp³-hybridized carbons (Fsp3) is 0.185. The van der Waals surface area contributed by atoms with Gasteiger partial charge in [0.15, 0.2) is 0 Å². The highest BCUT2D eigenvalue weighted by Gasteiger charge is 2.36. The van der Waals surface area contributed by atoms with Gasteiger partial charge in [-0.2, -0.15) is 0 Å². The monoisotopic (exact) mass is 448 g/mol. The number of fused-ring (bicyclic) bond motifs is 1. The minimum absolute atomic E-state index is 0. The second kappa shape index (κ2) is 10.6. The van der Waals surface area contributed by atoms with Gasteiger partial charge in [-0.1, -0.05) is 54.6 Å². The summed E-state index contributed by atoms with van der Waals surface area (Å²) in [4.78, 5) is 8.46. The molecule has 0 saturated heterocycles. The van der Waals surface area contributed by atoms with E-state index < -0.39 is 0 Å². The second-order valence-corrected chi connectivity index (χ2v) is 7.88. The van der Waals surface area contributed by atoms with Crippen LogP contribution in [0.4, 0.5) is 0 Å². The third-order valence-corrected chi connectivity index (χ3v) is 6.29. The third kappa shape index (κ3) is 4.81. The first kappa shape index (κ1) is 23.0. The fourth-order valence-corrected chi connectivity index (χ4v) is 4.93. The Labute approximate surface area is 196 Å². The molecule has 4 aromatic rings. The molecule has 158 valence electrons. The molecule has 0 radical (unpaired) electrons. The Balaban J connectivity index is 0.00000136. The number of halogens is 2. The van der Waals surface area contributed by atoms with Crippen LogP contribution in [0.1, 0.15) is 52.0 Å². The van der Waals surface area contributed by atoms with Gasteiger partial charge in [0, 0.05) is 30.7 Å². The van der Waals surface area contributed by atoms with Crippen molar-refractivity contribution >= 4 is 24.8 Å². The zero-order valence-electron chi connectivity index (χ0n) is 17.2. The molecule has 3 unspecified atom stereocenters. The Hall–Kier alpha value is -2.68. The molecular weight excluding hydrogens is 423 g/mol. The molecule has 1 aliphatic rings. The number of hydrogen-bond acceptors (Lipinski definition) is 2. The van der Waals surface area contributed by atoms with Crippen LogP contribution in [0.2, 0.25) is 0 Å². The molecule has 3 atom stereocenters. The lowest BCUT2D eigenvalue weighted by Crippen LogP contribution is -2.13. The van der Waals surface area contributed by atoms with Crippen LogP contribution in [-0.4, -0.2) is 9.97 Å². The van der Waals surface area contributed by atoms with Crippen molar-refractivity contribution in [3.8, 4) is 0 Å². The van der Waals surface area contributed by atoms with Gasteiger partial charge in [0.2, 0.25) is 0 Å². The van der Waals surface area contributed by atoms with Crippen LogP contribution in [0, 0.1) is 0 Å². The fourth-order valence-electron chi connectivity index (χ4n) is 4.93. The summed E-state index contributed by atoms with van der Waals surface area (Å²) in [5, 5.41) is 0. The standard InChI is InChI=1S/C27H24N2.2ClH/c1-2-6-21(7-3-1)26-19-27(24-9-5-4-8-23(24)26)25(22-12-16-29-17-13-22)18-20-10-14-28-15-11-20;;/h1-17,25-27H,18-19H2;2*1H. The first-order valence-electron chi connectivity index (χ1n) is 10.3. The Bertz CT molecular complexity index is 1070. The molecule has 5 rings (SSSR count). The van der Waals surface area contributed by atoms with Crippen molar-refractivity contribution in [2.75, 3.05) is 0 Å². The summed E-state index contributed by atoms with van der Waals surface area (Å²) in [5.41, 5.74) is 7.10. The molecular formula is C27H26Cl2N2. The molecule has 0 N–H and O–H groups in total. The number of pyridine rings is 2. The highest BCUT2D eigenvalue weighted by molar-refractivity contribution is 5.85. The van der Waals surface area contributed by atoms with Crippen molar-refractivity contribution in [2.45, 2.75) is 30.6 Å². The van der Waals surface area contributed by atoms with Crippen molar-refractivity contribution < 1.29 is 0 Å². The molecule has 0 aliphatic heterocycles. The van der Waals surface area contributed by atoms with E-state index in [1.54, 1.807) is 0 Å².